The van der Waals surface area contributed by atoms with Gasteiger partial charge in [-0.2, -0.15) is 0 Å². The number of nitrogens with one attached hydrogen (secondary N) is 1. The van der Waals surface area contributed by atoms with Crippen molar-refractivity contribution in [3.63, 3.8) is 0 Å². The number of benzene rings is 1. The Kier molecular flexibility index (Phi) is 3.99. The third-order valence-electron chi connectivity index (χ3n) is 2.57. The Morgan fingerprint density at radius 3 is 2.90 bits per heavy atom. The van der Waals surface area contributed by atoms with Gasteiger partial charge in [0.15, 0.2) is 0 Å². The van der Waals surface area contributed by atoms with Crippen LogP contribution in [0, 0.1) is 17.0 Å². The van der Waals surface area contributed by atoms with Crippen LogP contribution in [0.1, 0.15) is 5.82 Å². The quantitative estimate of drug-likeness (QED) is 0.692. The normalized spacial score (nSPS) is 10.3. The molecule has 0 saturated carbocycles. The Bertz CT molecular complexity index is 668. The molecule has 2 aromatic rings. The standard InChI is InChI=1S/C12H11ClN4O3/c1-8-14-11(17(19)20)6-16(8)7-12(18)15-10-4-2-3-9(13)5-10/h2-6H,7H2,1H3,(H,15,18). The fraction of sp³-hybridized carbons (Fsp3) is 0.167. The van der Waals surface area contributed by atoms with Crippen LogP contribution in [0.25, 0.3) is 0 Å². The number of nitro groups is 1. The molecule has 0 spiro atoms. The first-order valence-corrected chi connectivity index (χ1v) is 6.07. The van der Waals surface area contributed by atoms with Crippen molar-refractivity contribution in [2.24, 2.45) is 0 Å². The van der Waals surface area contributed by atoms with Gasteiger partial charge in [0.2, 0.25) is 11.7 Å². The number of nitrogens with zero attached hydrogens (tertiary/aromatic N) is 3. The van der Waals surface area contributed by atoms with Crippen LogP contribution in [0.4, 0.5) is 11.5 Å². The summed E-state index contributed by atoms with van der Waals surface area (Å²) in [6.07, 6.45) is 1.23. The lowest BCUT2D eigenvalue weighted by atomic mass is 10.3. The molecule has 1 N–H and O–H groups in total. The molecule has 1 aromatic carbocycles. The Morgan fingerprint density at radius 2 is 2.30 bits per heavy atom. The second kappa shape index (κ2) is 5.70. The average molecular weight is 295 g/mol. The molecule has 0 fully saturated rings. The lowest BCUT2D eigenvalue weighted by Crippen LogP contribution is -2.19. The Hall–Kier alpha value is -2.41. The number of amides is 1. The van der Waals surface area contributed by atoms with Crippen LogP contribution < -0.4 is 5.32 Å². The maximum absolute atomic E-state index is 11.9. The van der Waals surface area contributed by atoms with Gasteiger partial charge in [-0.15, -0.1) is 0 Å². The highest BCUT2D eigenvalue weighted by molar-refractivity contribution is 6.30. The number of aryl methyl sites for hydroxylation is 1. The second-order valence-corrected chi connectivity index (χ2v) is 4.53. The summed E-state index contributed by atoms with van der Waals surface area (Å²) in [5, 5.41) is 13.8. The molecule has 0 unspecified atom stereocenters. The van der Waals surface area contributed by atoms with Crippen molar-refractivity contribution in [1.29, 1.82) is 0 Å². The number of hydrogen-bond donors (Lipinski definition) is 1. The van der Waals surface area contributed by atoms with Crippen molar-refractivity contribution in [2.45, 2.75) is 13.5 Å². The van der Waals surface area contributed by atoms with Gasteiger partial charge < -0.3 is 15.4 Å². The zero-order valence-electron chi connectivity index (χ0n) is 10.5. The second-order valence-electron chi connectivity index (χ2n) is 4.09. The highest BCUT2D eigenvalue weighted by Crippen LogP contribution is 2.15. The smallest absolute Gasteiger partial charge is 0.358 e. The van der Waals surface area contributed by atoms with Crippen LogP contribution in [-0.4, -0.2) is 20.4 Å². The molecule has 2 rings (SSSR count). The molecular weight excluding hydrogens is 284 g/mol. The van der Waals surface area contributed by atoms with Gasteiger partial charge >= 0.3 is 5.82 Å². The Balaban J connectivity index is 2.06. The van der Waals surface area contributed by atoms with Gasteiger partial charge in [-0.25, -0.2) is 0 Å². The summed E-state index contributed by atoms with van der Waals surface area (Å²) in [5.41, 5.74) is 0.565. The van der Waals surface area contributed by atoms with E-state index in [1.807, 2.05) is 0 Å². The van der Waals surface area contributed by atoms with Gasteiger partial charge in [-0.05, 0) is 28.1 Å². The summed E-state index contributed by atoms with van der Waals surface area (Å²) >= 11 is 5.81. The van der Waals surface area contributed by atoms with E-state index in [0.717, 1.165) is 0 Å². The molecular formula is C12H11ClN4O3. The van der Waals surface area contributed by atoms with E-state index in [1.54, 1.807) is 31.2 Å². The largest absolute Gasteiger partial charge is 0.381 e. The minimum Gasteiger partial charge on any atom is -0.358 e. The number of hydrogen-bond acceptors (Lipinski definition) is 4. The van der Waals surface area contributed by atoms with Gasteiger partial charge in [-0.1, -0.05) is 17.7 Å². The minimum atomic E-state index is -0.599. The molecule has 8 heteroatoms. The lowest BCUT2D eigenvalue weighted by Gasteiger charge is -2.06. The lowest BCUT2D eigenvalue weighted by molar-refractivity contribution is -0.389. The Morgan fingerprint density at radius 1 is 1.55 bits per heavy atom. The van der Waals surface area contributed by atoms with E-state index in [2.05, 4.69) is 10.3 Å². The monoisotopic (exact) mass is 294 g/mol. The average Bonchev–Trinajstić information content (AvgIpc) is 2.71. The molecule has 0 aliphatic carbocycles. The summed E-state index contributed by atoms with van der Waals surface area (Å²) in [6, 6.07) is 6.72. The first-order valence-electron chi connectivity index (χ1n) is 5.69. The van der Waals surface area contributed by atoms with E-state index in [1.165, 1.54) is 10.8 Å². The first kappa shape index (κ1) is 14.0. The molecule has 1 heterocycles. The third kappa shape index (κ3) is 3.33. The highest BCUT2D eigenvalue weighted by atomic mass is 35.5. The van der Waals surface area contributed by atoms with Crippen molar-refractivity contribution in [3.8, 4) is 0 Å². The first-order chi connectivity index (χ1) is 9.45. The van der Waals surface area contributed by atoms with Crippen molar-refractivity contribution < 1.29 is 9.72 Å². The molecule has 104 valence electrons. The van der Waals surface area contributed by atoms with Gasteiger partial charge in [0.25, 0.3) is 0 Å². The molecule has 0 aliphatic rings. The fourth-order valence-electron chi connectivity index (χ4n) is 1.66. The number of aromatic nitrogens is 2. The van der Waals surface area contributed by atoms with Gasteiger partial charge in [0, 0.05) is 17.6 Å². The van der Waals surface area contributed by atoms with E-state index in [9.17, 15) is 14.9 Å². The predicted octanol–water partition coefficient (Wildman–Crippen LogP) is 2.39. The van der Waals surface area contributed by atoms with Crippen LogP contribution in [0.3, 0.4) is 0 Å². The molecule has 0 saturated heterocycles. The SMILES string of the molecule is Cc1nc([N+](=O)[O-])cn1CC(=O)Nc1cccc(Cl)c1. The van der Waals surface area contributed by atoms with Crippen LogP contribution >= 0.6 is 11.6 Å². The molecule has 0 bridgehead atoms. The summed E-state index contributed by atoms with van der Waals surface area (Å²) in [6.45, 7) is 1.54. The molecule has 1 amide bonds. The fourth-order valence-corrected chi connectivity index (χ4v) is 1.85. The van der Waals surface area contributed by atoms with Crippen LogP contribution in [0.5, 0.6) is 0 Å². The van der Waals surface area contributed by atoms with E-state index in [4.69, 9.17) is 11.6 Å². The van der Waals surface area contributed by atoms with Crippen molar-refractivity contribution in [1.82, 2.24) is 9.55 Å². The topological polar surface area (TPSA) is 90.1 Å². The Labute approximate surface area is 119 Å². The zero-order valence-corrected chi connectivity index (χ0v) is 11.3. The summed E-state index contributed by atoms with van der Waals surface area (Å²) < 4.78 is 1.41. The summed E-state index contributed by atoms with van der Waals surface area (Å²) in [4.78, 5) is 25.6. The molecule has 7 nitrogen and oxygen atoms in total. The summed E-state index contributed by atoms with van der Waals surface area (Å²) in [5.74, 6) is -0.196. The zero-order chi connectivity index (χ0) is 14.7. The molecule has 20 heavy (non-hydrogen) atoms. The number of imidazole rings is 1. The van der Waals surface area contributed by atoms with Crippen molar-refractivity contribution >= 4 is 29.0 Å². The molecule has 0 atom stereocenters. The highest BCUT2D eigenvalue weighted by Gasteiger charge is 2.16. The van der Waals surface area contributed by atoms with E-state index < -0.39 is 4.92 Å². The van der Waals surface area contributed by atoms with E-state index >= 15 is 0 Å². The molecule has 0 aliphatic heterocycles. The number of anilines is 1. The van der Waals surface area contributed by atoms with Crippen LogP contribution in [0.2, 0.25) is 5.02 Å². The number of carbonyl (C=O) groups is 1. The third-order valence-corrected chi connectivity index (χ3v) is 2.81. The van der Waals surface area contributed by atoms with E-state index in [0.29, 0.717) is 16.5 Å². The van der Waals surface area contributed by atoms with Gasteiger partial charge in [0.1, 0.15) is 12.7 Å². The number of rotatable bonds is 4. The number of carbonyl (C=O) groups excluding carboxylic acids is 1. The van der Waals surface area contributed by atoms with Crippen molar-refractivity contribution in [3.05, 3.63) is 51.4 Å². The minimum absolute atomic E-state index is 0.0564. The maximum atomic E-state index is 11.9. The van der Waals surface area contributed by atoms with Crippen LogP contribution in [-0.2, 0) is 11.3 Å². The molecule has 0 radical (unpaired) electrons. The summed E-state index contributed by atoms with van der Waals surface area (Å²) in [7, 11) is 0. The maximum Gasteiger partial charge on any atom is 0.381 e. The van der Waals surface area contributed by atoms with Crippen molar-refractivity contribution in [2.75, 3.05) is 5.32 Å². The predicted molar refractivity (Wildman–Crippen MR) is 73.7 cm³/mol. The van der Waals surface area contributed by atoms with Gasteiger partial charge in [-0.3, -0.25) is 9.36 Å². The molecule has 1 aromatic heterocycles. The number of halogens is 1. The van der Waals surface area contributed by atoms with Gasteiger partial charge in [0.05, 0.1) is 0 Å². The van der Waals surface area contributed by atoms with Crippen LogP contribution in [0.15, 0.2) is 30.5 Å². The van der Waals surface area contributed by atoms with E-state index in [-0.39, 0.29) is 18.3 Å².